The second kappa shape index (κ2) is 13.5. The third-order valence-corrected chi connectivity index (χ3v) is 12.2. The first kappa shape index (κ1) is 31.2. The monoisotopic (exact) mass is 682 g/mol. The number of fused-ring (bicyclic) bond motifs is 1. The summed E-state index contributed by atoms with van der Waals surface area (Å²) in [5.41, 5.74) is 17.2. The number of carboxylic acid groups (broad SMARTS) is 1. The number of thioether (sulfide) groups is 4. The number of carbonyl (C=O) groups excluding carboxylic acids is 2. The highest BCUT2D eigenvalue weighted by Crippen LogP contribution is 2.48. The van der Waals surface area contributed by atoms with Crippen LogP contribution in [-0.2, 0) is 20.1 Å². The molecule has 0 saturated carbocycles. The van der Waals surface area contributed by atoms with Gasteiger partial charge in [-0.3, -0.25) is 14.5 Å². The van der Waals surface area contributed by atoms with Crippen molar-refractivity contribution in [2.24, 2.45) is 16.6 Å². The van der Waals surface area contributed by atoms with Crippen LogP contribution in [0.25, 0.3) is 0 Å². The predicted molar refractivity (Wildman–Crippen MR) is 162 cm³/mol. The zero-order valence-electron chi connectivity index (χ0n) is 20.5. The van der Waals surface area contributed by atoms with Crippen molar-refractivity contribution in [3.05, 3.63) is 26.3 Å². The summed E-state index contributed by atoms with van der Waals surface area (Å²) in [5.74, 6) is -1.15. The first-order chi connectivity index (χ1) is 19.0. The van der Waals surface area contributed by atoms with Gasteiger partial charge in [0.25, 0.3) is 11.8 Å². The van der Waals surface area contributed by atoms with E-state index in [0.29, 0.717) is 17.2 Å². The fraction of sp³-hybridized carbons (Fsp3) is 0.400. The van der Waals surface area contributed by atoms with E-state index in [1.54, 1.807) is 11.8 Å². The largest absolute Gasteiger partial charge is 0.477 e. The number of hydrogen-bond acceptors (Lipinski definition) is 16. The van der Waals surface area contributed by atoms with Gasteiger partial charge in [-0.25, -0.2) is 14.8 Å². The van der Waals surface area contributed by atoms with Crippen LogP contribution in [0.2, 0.25) is 4.34 Å². The number of nitrogens with two attached hydrogens (primary N) is 3. The quantitative estimate of drug-likeness (QED) is 0.0359. The molecule has 0 aromatic carbocycles. The molecule has 216 valence electrons. The Hall–Kier alpha value is -1.71. The van der Waals surface area contributed by atoms with E-state index in [4.69, 9.17) is 28.8 Å². The summed E-state index contributed by atoms with van der Waals surface area (Å²) in [6.45, 7) is 2.38. The minimum absolute atomic E-state index is 0.0400. The van der Waals surface area contributed by atoms with E-state index in [9.17, 15) is 24.7 Å². The molecule has 2 aliphatic rings. The maximum Gasteiger partial charge on any atom is 0.353 e. The number of amides is 2. The van der Waals surface area contributed by atoms with Crippen molar-refractivity contribution in [3.63, 3.8) is 0 Å². The zero-order chi connectivity index (χ0) is 29.1. The van der Waals surface area contributed by atoms with Crippen LogP contribution < -0.4 is 22.5 Å². The van der Waals surface area contributed by atoms with Crippen molar-refractivity contribution >= 4 is 110 Å². The van der Waals surface area contributed by atoms with Gasteiger partial charge in [0.15, 0.2) is 15.2 Å². The molecule has 0 aliphatic carbocycles. The van der Waals surface area contributed by atoms with Crippen LogP contribution in [0, 0.1) is 0 Å². The van der Waals surface area contributed by atoms with E-state index in [-0.39, 0.29) is 32.0 Å². The van der Waals surface area contributed by atoms with Crippen molar-refractivity contribution in [3.8, 4) is 0 Å². The van der Waals surface area contributed by atoms with E-state index in [0.717, 1.165) is 36.2 Å². The Morgan fingerprint density at radius 1 is 1.35 bits per heavy atom. The number of nitrogens with zero attached hydrogens (tertiary/aromatic N) is 4. The van der Waals surface area contributed by atoms with Gasteiger partial charge >= 0.3 is 5.97 Å². The van der Waals surface area contributed by atoms with Gasteiger partial charge in [-0.2, -0.15) is 11.8 Å². The lowest BCUT2D eigenvalue weighted by Crippen LogP contribution is -2.71. The van der Waals surface area contributed by atoms with Crippen LogP contribution in [0.15, 0.2) is 24.3 Å². The molecule has 1 unspecified atom stereocenters. The minimum atomic E-state index is -1.26. The summed E-state index contributed by atoms with van der Waals surface area (Å²) in [7, 11) is 0. The second-order valence-electron chi connectivity index (χ2n) is 8.04. The third kappa shape index (κ3) is 6.67. The number of aromatic nitrogens is 2. The number of carboxylic acids is 1. The van der Waals surface area contributed by atoms with Gasteiger partial charge in [-0.15, -0.1) is 23.1 Å². The van der Waals surface area contributed by atoms with Crippen molar-refractivity contribution in [1.29, 1.82) is 0 Å². The first-order valence-electron chi connectivity index (χ1n) is 11.3. The molecule has 0 spiro atoms. The van der Waals surface area contributed by atoms with Crippen LogP contribution in [0.3, 0.4) is 0 Å². The van der Waals surface area contributed by atoms with E-state index >= 15 is 0 Å². The zero-order valence-corrected chi connectivity index (χ0v) is 26.2. The lowest BCUT2D eigenvalue weighted by Gasteiger charge is -2.49. The number of oxime groups is 1. The number of nitrogens with one attached hydrogen (secondary N) is 1. The van der Waals surface area contributed by atoms with Crippen molar-refractivity contribution in [2.45, 2.75) is 38.0 Å². The molecular formula is C20H23ClN8O5S6. The Labute approximate surface area is 258 Å². The Morgan fingerprint density at radius 2 is 2.10 bits per heavy atom. The van der Waals surface area contributed by atoms with Gasteiger partial charge in [-0.05, 0) is 6.92 Å². The maximum absolute atomic E-state index is 13.1. The summed E-state index contributed by atoms with van der Waals surface area (Å²) in [6.07, 6.45) is 0. The normalized spacial score (nSPS) is 19.9. The number of anilines is 1. The van der Waals surface area contributed by atoms with Crippen molar-refractivity contribution in [1.82, 2.24) is 20.2 Å². The highest BCUT2D eigenvalue weighted by molar-refractivity contribution is 8.08. The van der Waals surface area contributed by atoms with Gasteiger partial charge < -0.3 is 32.8 Å². The molecule has 3 atom stereocenters. The SMILES string of the molecule is CC(N)Sc1nc(CSCCN)c(SC2=C(C(=O)O)N3C(=O)[C@@H](NC(=O)/C(=N\O)c4nc(N)sc4Cl)[C@H]3SC2)s1. The summed E-state index contributed by atoms with van der Waals surface area (Å²) in [4.78, 5) is 48.5. The second-order valence-corrected chi connectivity index (χ2v) is 15.9. The molecule has 0 bridgehead atoms. The molecule has 0 radical (unpaired) electrons. The average Bonchev–Trinajstić information content (AvgIpc) is 3.42. The number of β-lactam (4-membered cyclic amide) rings is 1. The Kier molecular flexibility index (Phi) is 10.5. The van der Waals surface area contributed by atoms with Crippen LogP contribution >= 0.6 is 81.3 Å². The number of halogens is 1. The molecule has 4 heterocycles. The first-order valence-corrected chi connectivity index (χ1v) is 17.2. The van der Waals surface area contributed by atoms with E-state index in [1.807, 2.05) is 6.92 Å². The van der Waals surface area contributed by atoms with E-state index in [1.165, 1.54) is 46.6 Å². The average molecular weight is 683 g/mol. The number of thiazole rings is 2. The molecule has 1 fully saturated rings. The molecule has 2 amide bonds. The van der Waals surface area contributed by atoms with Crippen molar-refractivity contribution in [2.75, 3.05) is 23.8 Å². The number of hydrogen-bond donors (Lipinski definition) is 6. The molecule has 2 aromatic heterocycles. The van der Waals surface area contributed by atoms with Gasteiger partial charge in [0.05, 0.1) is 15.3 Å². The lowest BCUT2D eigenvalue weighted by molar-refractivity contribution is -0.150. The molecule has 20 heteroatoms. The number of aliphatic carboxylic acids is 1. The summed E-state index contributed by atoms with van der Waals surface area (Å²) < 4.78 is 1.63. The maximum atomic E-state index is 13.1. The summed E-state index contributed by atoms with van der Waals surface area (Å²) in [5, 5.41) is 24.2. The smallest absolute Gasteiger partial charge is 0.353 e. The van der Waals surface area contributed by atoms with Gasteiger partial charge in [0.2, 0.25) is 0 Å². The van der Waals surface area contributed by atoms with Gasteiger partial charge in [0.1, 0.15) is 27.1 Å². The molecule has 2 aromatic rings. The van der Waals surface area contributed by atoms with E-state index < -0.39 is 34.9 Å². The molecule has 1 saturated heterocycles. The van der Waals surface area contributed by atoms with Crippen LogP contribution in [0.4, 0.5) is 5.13 Å². The standard InChI is InChI=1S/C20H23ClN8O5S6/c1-6(23)37-20-25-7(4-35-3-2-22)18(40-20)38-8-5-36-16-11(15(31)29(16)12(8)17(32)33)26-14(30)10(28-34)9-13(21)39-19(24)27-9/h6,11,16,34H,2-5,22-23H2,1H3,(H2,24,27)(H,26,30)(H,32,33)/b28-10-/t6?,11-,16-/m1/s1. The fourth-order valence-corrected chi connectivity index (χ4v) is 10.6. The third-order valence-electron chi connectivity index (χ3n) is 5.21. The van der Waals surface area contributed by atoms with Gasteiger partial charge in [0, 0.05) is 28.7 Å². The molecule has 40 heavy (non-hydrogen) atoms. The molecule has 4 rings (SSSR count). The van der Waals surface area contributed by atoms with Crippen LogP contribution in [0.1, 0.15) is 18.3 Å². The predicted octanol–water partition coefficient (Wildman–Crippen LogP) is 2.09. The van der Waals surface area contributed by atoms with Crippen LogP contribution in [-0.4, -0.2) is 83.5 Å². The number of rotatable bonds is 12. The molecule has 2 aliphatic heterocycles. The van der Waals surface area contributed by atoms with Crippen molar-refractivity contribution < 1.29 is 24.7 Å². The highest BCUT2D eigenvalue weighted by Gasteiger charge is 2.54. The summed E-state index contributed by atoms with van der Waals surface area (Å²) in [6, 6.07) is -1.05. The van der Waals surface area contributed by atoms with Gasteiger partial charge in [-0.1, -0.05) is 51.6 Å². The summed E-state index contributed by atoms with van der Waals surface area (Å²) >= 11 is 14.0. The minimum Gasteiger partial charge on any atom is -0.477 e. The fourth-order valence-electron chi connectivity index (χ4n) is 3.60. The number of nitrogen functional groups attached to an aromatic ring is 1. The lowest BCUT2D eigenvalue weighted by atomic mass is 10.0. The molecule has 9 N–H and O–H groups in total. The Morgan fingerprint density at radius 3 is 2.70 bits per heavy atom. The number of carbonyl (C=O) groups is 3. The Bertz CT molecular complexity index is 1380. The van der Waals surface area contributed by atoms with E-state index in [2.05, 4.69) is 20.4 Å². The molecule has 13 nitrogen and oxygen atoms in total. The van der Waals surface area contributed by atoms with Crippen LogP contribution in [0.5, 0.6) is 0 Å². The highest BCUT2D eigenvalue weighted by atomic mass is 35.5. The Balaban J connectivity index is 1.54. The topological polar surface area (TPSA) is 223 Å². The molecular weight excluding hydrogens is 660 g/mol.